The van der Waals surface area contributed by atoms with E-state index >= 15 is 0 Å². The number of carbonyl (C=O) groups excluding carboxylic acids is 1. The minimum atomic E-state index is -0.501. The highest BCUT2D eigenvalue weighted by atomic mass is 32.1. The lowest BCUT2D eigenvalue weighted by molar-refractivity contribution is -0.153. The maximum absolute atomic E-state index is 11.7. The van der Waals surface area contributed by atoms with Gasteiger partial charge in [0.05, 0.1) is 16.6 Å². The Morgan fingerprint density at radius 2 is 2.00 bits per heavy atom. The molecule has 0 aromatic heterocycles. The highest BCUT2D eigenvalue weighted by Gasteiger charge is 2.24. The van der Waals surface area contributed by atoms with Crippen molar-refractivity contribution in [1.29, 1.82) is 0 Å². The molecule has 0 heterocycles. The van der Waals surface area contributed by atoms with Gasteiger partial charge in [0.1, 0.15) is 6.61 Å². The number of benzene rings is 1. The summed E-state index contributed by atoms with van der Waals surface area (Å²) in [7, 11) is 0. The van der Waals surface area contributed by atoms with E-state index in [9.17, 15) is 4.79 Å². The van der Waals surface area contributed by atoms with Crippen LogP contribution >= 0.6 is 12.2 Å². The SMILES string of the molecule is CC(C)(C)C(=O)OC[C@H](Cc1ccccc1)N=C=S. The number of hydrogen-bond donors (Lipinski definition) is 0. The van der Waals surface area contributed by atoms with Crippen molar-refractivity contribution in [2.45, 2.75) is 33.2 Å². The van der Waals surface area contributed by atoms with Gasteiger partial charge in [-0.1, -0.05) is 30.3 Å². The minimum absolute atomic E-state index is 0.175. The van der Waals surface area contributed by atoms with E-state index in [0.717, 1.165) is 5.56 Å². The van der Waals surface area contributed by atoms with E-state index in [1.165, 1.54) is 0 Å². The molecule has 0 aliphatic rings. The van der Waals surface area contributed by atoms with E-state index in [4.69, 9.17) is 4.74 Å². The van der Waals surface area contributed by atoms with Crippen LogP contribution in [0, 0.1) is 5.41 Å². The first-order valence-corrected chi connectivity index (χ1v) is 6.62. The van der Waals surface area contributed by atoms with Crippen molar-refractivity contribution in [2.75, 3.05) is 6.61 Å². The molecule has 4 heteroatoms. The van der Waals surface area contributed by atoms with Crippen LogP contribution < -0.4 is 0 Å². The standard InChI is InChI=1S/C15H19NO2S/c1-15(2,3)14(17)18-10-13(16-11-19)9-12-7-5-4-6-8-12/h4-8,13H,9-10H2,1-3H3/t13-/m0/s1. The summed E-state index contributed by atoms with van der Waals surface area (Å²) < 4.78 is 5.27. The molecule has 3 nitrogen and oxygen atoms in total. The van der Waals surface area contributed by atoms with Crippen molar-refractivity contribution >= 4 is 23.3 Å². The smallest absolute Gasteiger partial charge is 0.311 e. The largest absolute Gasteiger partial charge is 0.463 e. The molecule has 102 valence electrons. The number of carbonyl (C=O) groups is 1. The monoisotopic (exact) mass is 277 g/mol. The van der Waals surface area contributed by atoms with Gasteiger partial charge in [0.15, 0.2) is 0 Å². The maximum Gasteiger partial charge on any atom is 0.311 e. The van der Waals surface area contributed by atoms with E-state index in [1.807, 2.05) is 51.1 Å². The quantitative estimate of drug-likeness (QED) is 0.471. The van der Waals surface area contributed by atoms with Crippen LogP contribution in [0.25, 0.3) is 0 Å². The summed E-state index contributed by atoms with van der Waals surface area (Å²) in [6, 6.07) is 9.74. The molecule has 0 N–H and O–H groups in total. The predicted octanol–water partition coefficient (Wildman–Crippen LogP) is 3.29. The van der Waals surface area contributed by atoms with Crippen LogP contribution in [0.15, 0.2) is 35.3 Å². The number of ether oxygens (including phenoxy) is 1. The molecular weight excluding hydrogens is 258 g/mol. The second kappa shape index (κ2) is 7.17. The summed E-state index contributed by atoms with van der Waals surface area (Å²) in [5.74, 6) is -0.231. The lowest BCUT2D eigenvalue weighted by Gasteiger charge is -2.18. The Morgan fingerprint density at radius 3 is 2.53 bits per heavy atom. The zero-order valence-corrected chi connectivity index (χ0v) is 12.4. The summed E-state index contributed by atoms with van der Waals surface area (Å²) in [5, 5.41) is 2.37. The van der Waals surface area contributed by atoms with Crippen molar-refractivity contribution < 1.29 is 9.53 Å². The van der Waals surface area contributed by atoms with Gasteiger partial charge in [0, 0.05) is 0 Å². The van der Waals surface area contributed by atoms with E-state index in [1.54, 1.807) is 0 Å². The topological polar surface area (TPSA) is 38.7 Å². The molecule has 0 amide bonds. The van der Waals surface area contributed by atoms with E-state index in [-0.39, 0.29) is 18.6 Å². The molecule has 0 unspecified atom stereocenters. The van der Waals surface area contributed by atoms with Crippen molar-refractivity contribution in [3.8, 4) is 0 Å². The van der Waals surface area contributed by atoms with Gasteiger partial charge in [0.2, 0.25) is 0 Å². The van der Waals surface area contributed by atoms with E-state index < -0.39 is 5.41 Å². The molecule has 1 atom stereocenters. The van der Waals surface area contributed by atoms with E-state index in [0.29, 0.717) is 6.42 Å². The van der Waals surface area contributed by atoms with Crippen LogP contribution in [-0.4, -0.2) is 23.8 Å². The number of esters is 1. The Hall–Kier alpha value is -1.51. The van der Waals surface area contributed by atoms with Gasteiger partial charge in [-0.25, -0.2) is 4.99 Å². The summed E-state index contributed by atoms with van der Waals surface area (Å²) in [4.78, 5) is 15.8. The first-order chi connectivity index (χ1) is 8.93. The summed E-state index contributed by atoms with van der Waals surface area (Å²) in [6.07, 6.45) is 0.682. The van der Waals surface area contributed by atoms with Crippen molar-refractivity contribution in [3.05, 3.63) is 35.9 Å². The van der Waals surface area contributed by atoms with Crippen molar-refractivity contribution in [3.63, 3.8) is 0 Å². The molecule has 0 bridgehead atoms. The van der Waals surface area contributed by atoms with Gasteiger partial charge < -0.3 is 4.74 Å². The molecular formula is C15H19NO2S. The van der Waals surface area contributed by atoms with Gasteiger partial charge in [-0.05, 0) is 45.0 Å². The zero-order valence-electron chi connectivity index (χ0n) is 11.6. The van der Waals surface area contributed by atoms with Crippen LogP contribution in [0.4, 0.5) is 0 Å². The number of rotatable bonds is 5. The molecule has 0 radical (unpaired) electrons. The average molecular weight is 277 g/mol. The lowest BCUT2D eigenvalue weighted by Crippen LogP contribution is -2.27. The Kier molecular flexibility index (Phi) is 5.87. The molecule has 0 spiro atoms. The number of isothiocyanates is 1. The van der Waals surface area contributed by atoms with Crippen LogP contribution in [-0.2, 0) is 16.0 Å². The first-order valence-electron chi connectivity index (χ1n) is 6.21. The van der Waals surface area contributed by atoms with Gasteiger partial charge in [-0.3, -0.25) is 4.79 Å². The van der Waals surface area contributed by atoms with Crippen LogP contribution in [0.3, 0.4) is 0 Å². The highest BCUT2D eigenvalue weighted by Crippen LogP contribution is 2.16. The number of aliphatic imine (C=N–C) groups is 1. The van der Waals surface area contributed by atoms with Gasteiger partial charge in [0.25, 0.3) is 0 Å². The Balaban J connectivity index is 2.59. The first kappa shape index (κ1) is 15.5. The normalized spacial score (nSPS) is 12.4. The third-order valence-electron chi connectivity index (χ3n) is 2.57. The fourth-order valence-corrected chi connectivity index (χ4v) is 1.64. The second-order valence-electron chi connectivity index (χ2n) is 5.41. The van der Waals surface area contributed by atoms with Gasteiger partial charge >= 0.3 is 5.97 Å². The predicted molar refractivity (Wildman–Crippen MR) is 79.4 cm³/mol. The van der Waals surface area contributed by atoms with Crippen LogP contribution in [0.2, 0.25) is 0 Å². The van der Waals surface area contributed by atoms with Crippen molar-refractivity contribution in [1.82, 2.24) is 0 Å². The third-order valence-corrected chi connectivity index (χ3v) is 2.67. The van der Waals surface area contributed by atoms with Crippen LogP contribution in [0.5, 0.6) is 0 Å². The summed E-state index contributed by atoms with van der Waals surface area (Å²) in [5.41, 5.74) is 0.631. The molecule has 1 aromatic carbocycles. The molecule has 1 aromatic rings. The fourth-order valence-electron chi connectivity index (χ4n) is 1.49. The maximum atomic E-state index is 11.7. The second-order valence-corrected chi connectivity index (χ2v) is 5.59. The molecule has 0 saturated heterocycles. The zero-order chi connectivity index (χ0) is 14.3. The number of hydrogen-bond acceptors (Lipinski definition) is 4. The minimum Gasteiger partial charge on any atom is -0.463 e. The number of thiocarbonyl (C=S) groups is 1. The Labute approximate surface area is 119 Å². The van der Waals surface area contributed by atoms with Gasteiger partial charge in [-0.2, -0.15) is 0 Å². The molecule has 0 aliphatic heterocycles. The van der Waals surface area contributed by atoms with Crippen LogP contribution in [0.1, 0.15) is 26.3 Å². The Bertz CT molecular complexity index is 459. The van der Waals surface area contributed by atoms with E-state index in [2.05, 4.69) is 22.4 Å². The molecule has 19 heavy (non-hydrogen) atoms. The third kappa shape index (κ3) is 5.77. The molecule has 1 rings (SSSR count). The number of nitrogens with zero attached hydrogens (tertiary/aromatic N) is 1. The van der Waals surface area contributed by atoms with Crippen molar-refractivity contribution in [2.24, 2.45) is 10.4 Å². The molecule has 0 saturated carbocycles. The summed E-state index contributed by atoms with van der Waals surface area (Å²) >= 11 is 4.64. The highest BCUT2D eigenvalue weighted by molar-refractivity contribution is 7.78. The fraction of sp³-hybridized carbons (Fsp3) is 0.467. The Morgan fingerprint density at radius 1 is 1.37 bits per heavy atom. The molecule has 0 fully saturated rings. The summed E-state index contributed by atoms with van der Waals surface area (Å²) in [6.45, 7) is 5.70. The average Bonchev–Trinajstić information content (AvgIpc) is 2.36. The molecule has 0 aliphatic carbocycles. The lowest BCUT2D eigenvalue weighted by atomic mass is 9.97. The van der Waals surface area contributed by atoms with Gasteiger partial charge in [-0.15, -0.1) is 0 Å².